The van der Waals surface area contributed by atoms with Crippen LogP contribution in [0.25, 0.3) is 0 Å². The second-order valence-electron chi connectivity index (χ2n) is 5.28. The van der Waals surface area contributed by atoms with Gasteiger partial charge in [0, 0.05) is 12.6 Å². The van der Waals surface area contributed by atoms with Crippen molar-refractivity contribution in [2.45, 2.75) is 51.0 Å². The summed E-state index contributed by atoms with van der Waals surface area (Å²) in [7, 11) is -3.60. The molecule has 0 radical (unpaired) electrons. The molecule has 6 nitrogen and oxygen atoms in total. The SMILES string of the molecule is CCNCc1ccc(S(=O)(=O)N2CC(C)OCC2CC)o1. The molecular weight excluding hydrogens is 292 g/mol. The highest BCUT2D eigenvalue weighted by atomic mass is 32.2. The molecule has 0 saturated carbocycles. The van der Waals surface area contributed by atoms with Crippen molar-refractivity contribution in [3.63, 3.8) is 0 Å². The zero-order valence-electron chi connectivity index (χ0n) is 12.8. The number of rotatable bonds is 6. The summed E-state index contributed by atoms with van der Waals surface area (Å²) >= 11 is 0. The second-order valence-corrected chi connectivity index (χ2v) is 7.10. The number of furan rings is 1. The van der Waals surface area contributed by atoms with Crippen LogP contribution in [0.4, 0.5) is 0 Å². The smallest absolute Gasteiger partial charge is 0.276 e. The molecule has 1 saturated heterocycles. The predicted octanol–water partition coefficient (Wildman–Crippen LogP) is 1.58. The molecule has 0 aliphatic carbocycles. The van der Waals surface area contributed by atoms with Gasteiger partial charge in [0.05, 0.1) is 19.3 Å². The van der Waals surface area contributed by atoms with Crippen molar-refractivity contribution < 1.29 is 17.6 Å². The minimum Gasteiger partial charge on any atom is -0.447 e. The van der Waals surface area contributed by atoms with Crippen LogP contribution in [-0.4, -0.2) is 44.6 Å². The van der Waals surface area contributed by atoms with E-state index in [-0.39, 0.29) is 17.2 Å². The number of hydrogen-bond donors (Lipinski definition) is 1. The Morgan fingerprint density at radius 3 is 2.81 bits per heavy atom. The maximum Gasteiger partial charge on any atom is 0.276 e. The number of nitrogens with zero attached hydrogens (tertiary/aromatic N) is 1. The van der Waals surface area contributed by atoms with Crippen molar-refractivity contribution in [1.29, 1.82) is 0 Å². The molecule has 0 spiro atoms. The molecule has 2 atom stereocenters. The van der Waals surface area contributed by atoms with Crippen molar-refractivity contribution in [3.8, 4) is 0 Å². The van der Waals surface area contributed by atoms with Crippen molar-refractivity contribution in [2.75, 3.05) is 19.7 Å². The molecule has 2 heterocycles. The third-order valence-corrected chi connectivity index (χ3v) is 5.43. The summed E-state index contributed by atoms with van der Waals surface area (Å²) in [4.78, 5) is 0. The number of hydrogen-bond acceptors (Lipinski definition) is 5. The molecule has 1 aromatic rings. The Morgan fingerprint density at radius 2 is 2.14 bits per heavy atom. The van der Waals surface area contributed by atoms with Gasteiger partial charge in [0.25, 0.3) is 10.0 Å². The third-order valence-electron chi connectivity index (χ3n) is 3.64. The van der Waals surface area contributed by atoms with Gasteiger partial charge >= 0.3 is 0 Å². The van der Waals surface area contributed by atoms with Gasteiger partial charge in [-0.3, -0.25) is 0 Å². The molecule has 1 aliphatic rings. The zero-order valence-corrected chi connectivity index (χ0v) is 13.6. The van der Waals surface area contributed by atoms with E-state index in [2.05, 4.69) is 5.32 Å². The minimum absolute atomic E-state index is 0.0166. The molecule has 2 rings (SSSR count). The van der Waals surface area contributed by atoms with E-state index in [1.54, 1.807) is 6.07 Å². The van der Waals surface area contributed by atoms with E-state index in [0.717, 1.165) is 13.0 Å². The first-order valence-corrected chi connectivity index (χ1v) is 8.85. The zero-order chi connectivity index (χ0) is 15.5. The number of nitrogens with one attached hydrogen (secondary N) is 1. The summed E-state index contributed by atoms with van der Waals surface area (Å²) < 4.78 is 38.1. The van der Waals surface area contributed by atoms with E-state index in [4.69, 9.17) is 9.15 Å². The normalized spacial score (nSPS) is 24.3. The monoisotopic (exact) mass is 316 g/mol. The van der Waals surface area contributed by atoms with E-state index in [9.17, 15) is 8.42 Å². The van der Waals surface area contributed by atoms with Crippen LogP contribution in [0.1, 0.15) is 33.0 Å². The van der Waals surface area contributed by atoms with Crippen LogP contribution in [0.2, 0.25) is 0 Å². The van der Waals surface area contributed by atoms with E-state index in [0.29, 0.717) is 25.5 Å². The van der Waals surface area contributed by atoms with Crippen LogP contribution < -0.4 is 5.32 Å². The Bertz CT molecular complexity index is 555. The van der Waals surface area contributed by atoms with E-state index < -0.39 is 10.0 Å². The molecule has 0 amide bonds. The molecule has 21 heavy (non-hydrogen) atoms. The highest BCUT2D eigenvalue weighted by Gasteiger charge is 2.37. The first kappa shape index (κ1) is 16.5. The molecule has 0 aromatic carbocycles. The van der Waals surface area contributed by atoms with E-state index in [1.165, 1.54) is 10.4 Å². The average Bonchev–Trinajstić information content (AvgIpc) is 2.94. The van der Waals surface area contributed by atoms with Gasteiger partial charge in [-0.1, -0.05) is 13.8 Å². The first-order valence-electron chi connectivity index (χ1n) is 7.41. The lowest BCUT2D eigenvalue weighted by Gasteiger charge is -2.36. The van der Waals surface area contributed by atoms with Crippen molar-refractivity contribution in [3.05, 3.63) is 17.9 Å². The largest absolute Gasteiger partial charge is 0.447 e. The van der Waals surface area contributed by atoms with Crippen LogP contribution in [-0.2, 0) is 21.3 Å². The summed E-state index contributed by atoms with van der Waals surface area (Å²) in [6.45, 7) is 7.97. The van der Waals surface area contributed by atoms with Crippen LogP contribution in [0.5, 0.6) is 0 Å². The first-order chi connectivity index (χ1) is 9.98. The van der Waals surface area contributed by atoms with E-state index >= 15 is 0 Å². The molecule has 0 bridgehead atoms. The van der Waals surface area contributed by atoms with Gasteiger partial charge in [-0.2, -0.15) is 4.31 Å². The summed E-state index contributed by atoms with van der Waals surface area (Å²) in [6, 6.07) is 3.11. The molecule has 1 fully saturated rings. The lowest BCUT2D eigenvalue weighted by atomic mass is 10.2. The van der Waals surface area contributed by atoms with Gasteiger partial charge in [-0.05, 0) is 32.0 Å². The summed E-state index contributed by atoms with van der Waals surface area (Å²) in [5, 5.41) is 3.13. The lowest BCUT2D eigenvalue weighted by molar-refractivity contribution is -0.0234. The van der Waals surface area contributed by atoms with Crippen molar-refractivity contribution in [1.82, 2.24) is 9.62 Å². The van der Waals surface area contributed by atoms with Gasteiger partial charge in [0.15, 0.2) is 0 Å². The van der Waals surface area contributed by atoms with Crippen LogP contribution in [0.15, 0.2) is 21.6 Å². The van der Waals surface area contributed by atoms with Gasteiger partial charge in [-0.15, -0.1) is 0 Å². The van der Waals surface area contributed by atoms with Gasteiger partial charge in [-0.25, -0.2) is 8.42 Å². The fourth-order valence-electron chi connectivity index (χ4n) is 2.39. The fraction of sp³-hybridized carbons (Fsp3) is 0.714. The molecule has 1 N–H and O–H groups in total. The van der Waals surface area contributed by atoms with Crippen molar-refractivity contribution >= 4 is 10.0 Å². The average molecular weight is 316 g/mol. The molecule has 7 heteroatoms. The van der Waals surface area contributed by atoms with Crippen LogP contribution in [0.3, 0.4) is 0 Å². The standard InChI is InChI=1S/C14H24N2O4S/c1-4-12-10-19-11(3)9-16(12)21(17,18)14-7-6-13(20-14)8-15-5-2/h6-7,11-12,15H,4-5,8-10H2,1-3H3. The predicted molar refractivity (Wildman–Crippen MR) is 79.5 cm³/mol. The third kappa shape index (κ3) is 3.66. The second kappa shape index (κ2) is 6.91. The summed E-state index contributed by atoms with van der Waals surface area (Å²) in [5.74, 6) is 0.629. The summed E-state index contributed by atoms with van der Waals surface area (Å²) in [6.07, 6.45) is 0.621. The molecular formula is C14H24N2O4S. The van der Waals surface area contributed by atoms with Gasteiger partial charge in [0.2, 0.25) is 5.09 Å². The molecule has 1 aromatic heterocycles. The lowest BCUT2D eigenvalue weighted by Crippen LogP contribution is -2.51. The van der Waals surface area contributed by atoms with Crippen LogP contribution in [0, 0.1) is 0 Å². The van der Waals surface area contributed by atoms with Gasteiger partial charge < -0.3 is 14.5 Å². The molecule has 2 unspecified atom stereocenters. The number of sulfonamides is 1. The Balaban J connectivity index is 2.21. The maximum absolute atomic E-state index is 12.7. The highest BCUT2D eigenvalue weighted by Crippen LogP contribution is 2.25. The Morgan fingerprint density at radius 1 is 1.38 bits per heavy atom. The molecule has 1 aliphatic heterocycles. The maximum atomic E-state index is 12.7. The van der Waals surface area contributed by atoms with Gasteiger partial charge in [0.1, 0.15) is 5.76 Å². The minimum atomic E-state index is -3.60. The Hall–Kier alpha value is -0.890. The number of morpholine rings is 1. The van der Waals surface area contributed by atoms with Crippen molar-refractivity contribution in [2.24, 2.45) is 0 Å². The Labute approximate surface area is 126 Å². The van der Waals surface area contributed by atoms with E-state index in [1.807, 2.05) is 20.8 Å². The summed E-state index contributed by atoms with van der Waals surface area (Å²) in [5.41, 5.74) is 0. The fourth-order valence-corrected chi connectivity index (χ4v) is 4.08. The number of ether oxygens (including phenoxy) is 1. The van der Waals surface area contributed by atoms with Crippen LogP contribution >= 0.6 is 0 Å². The quantitative estimate of drug-likeness (QED) is 0.862. The molecule has 120 valence electrons. The Kier molecular flexibility index (Phi) is 5.43. The highest BCUT2D eigenvalue weighted by molar-refractivity contribution is 7.89. The topological polar surface area (TPSA) is 71.8 Å².